The summed E-state index contributed by atoms with van der Waals surface area (Å²) in [6.07, 6.45) is 4.91. The van der Waals surface area contributed by atoms with E-state index in [9.17, 15) is 9.59 Å². The number of unbranched alkanes of at least 4 members (excludes halogenated alkanes) is 3. The predicted octanol–water partition coefficient (Wildman–Crippen LogP) is 2.96. The standard InChI is InChI=1S/C22H35NO7/c1-19(23-18-24)20-6-8-21(9-7-20)30-12-5-3-2-4-11-27-14-16-29-17-15-28-13-10-22(25)26/h6-9,18-19H,2-5,10-17H2,1H3,(H,23,24)(H,25,26). The number of hydrogen-bond acceptors (Lipinski definition) is 6. The van der Waals surface area contributed by atoms with Crippen LogP contribution in [0.1, 0.15) is 50.6 Å². The summed E-state index contributed by atoms with van der Waals surface area (Å²) in [4.78, 5) is 20.8. The molecule has 0 aliphatic rings. The van der Waals surface area contributed by atoms with Gasteiger partial charge in [0.1, 0.15) is 5.75 Å². The molecule has 1 aromatic carbocycles. The Kier molecular flexibility index (Phi) is 15.2. The number of carboxylic acids is 1. The number of carboxylic acid groups (broad SMARTS) is 1. The Balaban J connectivity index is 1.85. The van der Waals surface area contributed by atoms with E-state index in [2.05, 4.69) is 5.32 Å². The van der Waals surface area contributed by atoms with E-state index in [1.165, 1.54) is 0 Å². The van der Waals surface area contributed by atoms with E-state index in [1.54, 1.807) is 0 Å². The molecule has 0 bridgehead atoms. The molecule has 1 rings (SSSR count). The molecule has 8 nitrogen and oxygen atoms in total. The van der Waals surface area contributed by atoms with Gasteiger partial charge in [0.05, 0.1) is 52.1 Å². The minimum Gasteiger partial charge on any atom is -0.494 e. The highest BCUT2D eigenvalue weighted by Crippen LogP contribution is 2.17. The van der Waals surface area contributed by atoms with Gasteiger partial charge in [-0.1, -0.05) is 18.6 Å². The number of carbonyl (C=O) groups excluding carboxylic acids is 1. The van der Waals surface area contributed by atoms with Crippen LogP contribution in [0, 0.1) is 0 Å². The lowest BCUT2D eigenvalue weighted by molar-refractivity contribution is -0.138. The molecular formula is C22H35NO7. The maximum Gasteiger partial charge on any atom is 0.305 e. The zero-order valence-electron chi connectivity index (χ0n) is 17.8. The lowest BCUT2D eigenvalue weighted by atomic mass is 10.1. The van der Waals surface area contributed by atoms with Crippen LogP contribution in [-0.4, -0.2) is 63.7 Å². The maximum absolute atomic E-state index is 10.5. The van der Waals surface area contributed by atoms with E-state index in [0.717, 1.165) is 37.0 Å². The van der Waals surface area contributed by atoms with E-state index in [0.29, 0.717) is 46.1 Å². The molecule has 0 aliphatic carbocycles. The minimum absolute atomic E-state index is 0.00482. The zero-order valence-corrected chi connectivity index (χ0v) is 17.8. The highest BCUT2D eigenvalue weighted by Gasteiger charge is 2.03. The third-order valence-corrected chi connectivity index (χ3v) is 4.35. The number of amides is 1. The van der Waals surface area contributed by atoms with Crippen molar-refractivity contribution in [1.82, 2.24) is 5.32 Å². The summed E-state index contributed by atoms with van der Waals surface area (Å²) < 4.78 is 21.7. The monoisotopic (exact) mass is 425 g/mol. The van der Waals surface area contributed by atoms with Crippen molar-refractivity contribution < 1.29 is 33.6 Å². The van der Waals surface area contributed by atoms with Crippen molar-refractivity contribution in [1.29, 1.82) is 0 Å². The van der Waals surface area contributed by atoms with Gasteiger partial charge in [0.25, 0.3) is 0 Å². The average molecular weight is 426 g/mol. The average Bonchev–Trinajstić information content (AvgIpc) is 2.73. The first-order chi connectivity index (χ1) is 14.6. The molecule has 1 atom stereocenters. The normalized spacial score (nSPS) is 11.8. The van der Waals surface area contributed by atoms with Crippen LogP contribution in [0.3, 0.4) is 0 Å². The van der Waals surface area contributed by atoms with E-state index >= 15 is 0 Å². The van der Waals surface area contributed by atoms with E-state index < -0.39 is 5.97 Å². The van der Waals surface area contributed by atoms with Gasteiger partial charge in [-0.05, 0) is 43.9 Å². The molecule has 0 saturated heterocycles. The Morgan fingerprint density at radius 1 is 0.900 bits per heavy atom. The minimum atomic E-state index is -0.859. The third-order valence-electron chi connectivity index (χ3n) is 4.35. The van der Waals surface area contributed by atoms with Crippen molar-refractivity contribution in [3.05, 3.63) is 29.8 Å². The van der Waals surface area contributed by atoms with Gasteiger partial charge in [-0.25, -0.2) is 0 Å². The molecule has 1 aromatic rings. The summed E-state index contributed by atoms with van der Waals surface area (Å²) in [5.41, 5.74) is 1.05. The Bertz CT molecular complexity index is 565. The molecule has 1 amide bonds. The van der Waals surface area contributed by atoms with Crippen molar-refractivity contribution in [2.24, 2.45) is 0 Å². The number of nitrogens with one attached hydrogen (secondary N) is 1. The summed E-state index contributed by atoms with van der Waals surface area (Å²) in [7, 11) is 0. The summed E-state index contributed by atoms with van der Waals surface area (Å²) in [6, 6.07) is 7.77. The lowest BCUT2D eigenvalue weighted by Crippen LogP contribution is -2.15. The van der Waals surface area contributed by atoms with Gasteiger partial charge in [-0.2, -0.15) is 0 Å². The highest BCUT2D eigenvalue weighted by atomic mass is 16.5. The molecule has 0 heterocycles. The zero-order chi connectivity index (χ0) is 21.9. The summed E-state index contributed by atoms with van der Waals surface area (Å²) in [6.45, 7) is 5.46. The van der Waals surface area contributed by atoms with E-state index in [4.69, 9.17) is 24.1 Å². The van der Waals surface area contributed by atoms with Crippen LogP contribution in [0.5, 0.6) is 5.75 Å². The number of benzene rings is 1. The van der Waals surface area contributed by atoms with Crippen LogP contribution < -0.4 is 10.1 Å². The molecule has 8 heteroatoms. The molecule has 30 heavy (non-hydrogen) atoms. The topological polar surface area (TPSA) is 103 Å². The van der Waals surface area contributed by atoms with Gasteiger partial charge < -0.3 is 29.4 Å². The van der Waals surface area contributed by atoms with Crippen LogP contribution in [0.15, 0.2) is 24.3 Å². The van der Waals surface area contributed by atoms with Crippen LogP contribution in [0.4, 0.5) is 0 Å². The lowest BCUT2D eigenvalue weighted by Gasteiger charge is -2.12. The molecule has 2 N–H and O–H groups in total. The summed E-state index contributed by atoms with van der Waals surface area (Å²) in [5, 5.41) is 11.2. The molecule has 0 aromatic heterocycles. The van der Waals surface area contributed by atoms with Crippen molar-refractivity contribution in [3.8, 4) is 5.75 Å². The van der Waals surface area contributed by atoms with Gasteiger partial charge in [-0.3, -0.25) is 9.59 Å². The Morgan fingerprint density at radius 2 is 1.47 bits per heavy atom. The fourth-order valence-corrected chi connectivity index (χ4v) is 2.60. The summed E-state index contributed by atoms with van der Waals surface area (Å²) >= 11 is 0. The van der Waals surface area contributed by atoms with Crippen LogP contribution >= 0.6 is 0 Å². The molecule has 0 spiro atoms. The van der Waals surface area contributed by atoms with Gasteiger partial charge in [0.2, 0.25) is 6.41 Å². The second-order valence-electron chi connectivity index (χ2n) is 6.82. The van der Waals surface area contributed by atoms with E-state index in [-0.39, 0.29) is 19.1 Å². The Morgan fingerprint density at radius 3 is 2.07 bits per heavy atom. The predicted molar refractivity (Wildman–Crippen MR) is 113 cm³/mol. The third kappa shape index (κ3) is 13.9. The van der Waals surface area contributed by atoms with Crippen molar-refractivity contribution in [2.45, 2.75) is 45.1 Å². The number of carbonyl (C=O) groups is 2. The fourth-order valence-electron chi connectivity index (χ4n) is 2.60. The number of rotatable bonds is 20. The first-order valence-corrected chi connectivity index (χ1v) is 10.5. The molecule has 0 fully saturated rings. The summed E-state index contributed by atoms with van der Waals surface area (Å²) in [5.74, 6) is -0.0185. The molecule has 0 aliphatic heterocycles. The SMILES string of the molecule is CC(NC=O)c1ccc(OCCCCCCOCCOCCOCCC(=O)O)cc1. The molecule has 1 unspecified atom stereocenters. The van der Waals surface area contributed by atoms with E-state index in [1.807, 2.05) is 31.2 Å². The van der Waals surface area contributed by atoms with Crippen LogP contribution in [-0.2, 0) is 23.8 Å². The van der Waals surface area contributed by atoms with Crippen molar-refractivity contribution in [3.63, 3.8) is 0 Å². The number of aliphatic carboxylic acids is 1. The second kappa shape index (κ2) is 17.7. The number of ether oxygens (including phenoxy) is 4. The number of hydrogen-bond donors (Lipinski definition) is 2. The van der Waals surface area contributed by atoms with Gasteiger partial charge in [0.15, 0.2) is 0 Å². The Labute approximate surface area is 178 Å². The second-order valence-corrected chi connectivity index (χ2v) is 6.82. The molecule has 0 saturated carbocycles. The van der Waals surface area contributed by atoms with Crippen LogP contribution in [0.2, 0.25) is 0 Å². The highest BCUT2D eigenvalue weighted by molar-refractivity contribution is 5.66. The molecular weight excluding hydrogens is 390 g/mol. The maximum atomic E-state index is 10.5. The van der Waals surface area contributed by atoms with Gasteiger partial charge >= 0.3 is 5.97 Å². The quantitative estimate of drug-likeness (QED) is 0.244. The largest absolute Gasteiger partial charge is 0.494 e. The molecule has 170 valence electrons. The van der Waals surface area contributed by atoms with Gasteiger partial charge in [-0.15, -0.1) is 0 Å². The molecule has 0 radical (unpaired) electrons. The smallest absolute Gasteiger partial charge is 0.305 e. The van der Waals surface area contributed by atoms with Crippen molar-refractivity contribution >= 4 is 12.4 Å². The first-order valence-electron chi connectivity index (χ1n) is 10.5. The first kappa shape index (κ1) is 25.9. The van der Waals surface area contributed by atoms with Gasteiger partial charge in [0, 0.05) is 6.61 Å². The van der Waals surface area contributed by atoms with Crippen LogP contribution in [0.25, 0.3) is 0 Å². The Hall–Kier alpha value is -2.16. The van der Waals surface area contributed by atoms with Crippen molar-refractivity contribution in [2.75, 3.05) is 46.2 Å². The fraction of sp³-hybridized carbons (Fsp3) is 0.636.